The first kappa shape index (κ1) is 13.6. The summed E-state index contributed by atoms with van der Waals surface area (Å²) in [6, 6.07) is 1.49. The number of pyridine rings is 1. The van der Waals surface area contributed by atoms with Crippen LogP contribution in [0.15, 0.2) is 12.3 Å². The highest BCUT2D eigenvalue weighted by Crippen LogP contribution is 2.29. The fourth-order valence-electron chi connectivity index (χ4n) is 2.63. The van der Waals surface area contributed by atoms with E-state index in [1.54, 1.807) is 0 Å². The third kappa shape index (κ3) is 2.97. The van der Waals surface area contributed by atoms with Crippen LogP contribution in [-0.4, -0.2) is 29.1 Å². The molecule has 1 aliphatic rings. The fraction of sp³-hybridized carbons (Fsp3) is 0.571. The van der Waals surface area contributed by atoms with Gasteiger partial charge >= 0.3 is 5.97 Å². The van der Waals surface area contributed by atoms with Crippen LogP contribution in [0.1, 0.15) is 37.0 Å². The van der Waals surface area contributed by atoms with Gasteiger partial charge in [-0.05, 0) is 30.7 Å². The van der Waals surface area contributed by atoms with Crippen LogP contribution in [0.3, 0.4) is 0 Å². The highest BCUT2D eigenvalue weighted by atomic mass is 16.4. The predicted octanol–water partition coefficient (Wildman–Crippen LogP) is 2.23. The molecule has 0 atom stereocenters. The summed E-state index contributed by atoms with van der Waals surface area (Å²) in [5.41, 5.74) is 6.50. The second-order valence-corrected chi connectivity index (χ2v) is 5.51. The number of carbonyl (C=O) groups is 1. The average Bonchev–Trinajstić information content (AvgIpc) is 2.38. The van der Waals surface area contributed by atoms with Gasteiger partial charge in [-0.1, -0.05) is 13.8 Å². The lowest BCUT2D eigenvalue weighted by molar-refractivity contribution is 0.0696. The van der Waals surface area contributed by atoms with Crippen LogP contribution in [0, 0.1) is 11.8 Å². The lowest BCUT2D eigenvalue weighted by Crippen LogP contribution is -2.36. The minimum Gasteiger partial charge on any atom is -0.478 e. The van der Waals surface area contributed by atoms with Gasteiger partial charge in [-0.2, -0.15) is 0 Å². The molecule has 0 bridgehead atoms. The minimum atomic E-state index is -0.996. The van der Waals surface area contributed by atoms with Gasteiger partial charge in [0.25, 0.3) is 0 Å². The number of hydrogen-bond acceptors (Lipinski definition) is 4. The second-order valence-electron chi connectivity index (χ2n) is 5.51. The topological polar surface area (TPSA) is 79.5 Å². The van der Waals surface area contributed by atoms with E-state index >= 15 is 0 Å². The number of anilines is 2. The van der Waals surface area contributed by atoms with Gasteiger partial charge in [0.15, 0.2) is 5.82 Å². The number of hydrogen-bond donors (Lipinski definition) is 2. The Labute approximate surface area is 113 Å². The molecule has 1 fully saturated rings. The number of carboxylic acids is 1. The fourth-order valence-corrected chi connectivity index (χ4v) is 2.63. The van der Waals surface area contributed by atoms with Crippen molar-refractivity contribution >= 4 is 17.5 Å². The first-order chi connectivity index (χ1) is 8.99. The Bertz CT molecular complexity index is 466. The summed E-state index contributed by atoms with van der Waals surface area (Å²) in [7, 11) is 0. The van der Waals surface area contributed by atoms with E-state index in [0.29, 0.717) is 17.4 Å². The van der Waals surface area contributed by atoms with Crippen molar-refractivity contribution < 1.29 is 9.90 Å². The van der Waals surface area contributed by atoms with E-state index in [0.717, 1.165) is 31.8 Å². The number of nitrogen functional groups attached to an aromatic ring is 1. The molecule has 0 saturated carbocycles. The molecule has 0 unspecified atom stereocenters. The summed E-state index contributed by atoms with van der Waals surface area (Å²) in [5, 5.41) is 8.90. The van der Waals surface area contributed by atoms with E-state index in [1.165, 1.54) is 12.3 Å². The van der Waals surface area contributed by atoms with Crippen LogP contribution in [0.2, 0.25) is 0 Å². The van der Waals surface area contributed by atoms with Gasteiger partial charge in [0.1, 0.15) is 0 Å². The Morgan fingerprint density at radius 2 is 2.11 bits per heavy atom. The average molecular weight is 263 g/mol. The van der Waals surface area contributed by atoms with Crippen LogP contribution in [0.4, 0.5) is 11.5 Å². The van der Waals surface area contributed by atoms with E-state index in [-0.39, 0.29) is 5.56 Å². The van der Waals surface area contributed by atoms with Gasteiger partial charge in [-0.25, -0.2) is 9.78 Å². The molecule has 5 heteroatoms. The van der Waals surface area contributed by atoms with Gasteiger partial charge in [0, 0.05) is 19.3 Å². The molecule has 3 N–H and O–H groups in total. The standard InChI is InChI=1S/C14H21N3O2/c1-9(2)10-3-5-17(6-4-10)13-12(15)7-11(8-16-13)14(18)19/h7-10H,3-6,15H2,1-2H3,(H,18,19). The summed E-state index contributed by atoms with van der Waals surface area (Å²) < 4.78 is 0. The lowest BCUT2D eigenvalue weighted by atomic mass is 9.87. The van der Waals surface area contributed by atoms with Crippen LogP contribution >= 0.6 is 0 Å². The quantitative estimate of drug-likeness (QED) is 0.874. The normalized spacial score (nSPS) is 16.9. The molecule has 0 radical (unpaired) electrons. The molecule has 19 heavy (non-hydrogen) atoms. The van der Waals surface area contributed by atoms with E-state index < -0.39 is 5.97 Å². The number of nitrogens with two attached hydrogens (primary N) is 1. The van der Waals surface area contributed by atoms with Crippen LogP contribution in [-0.2, 0) is 0 Å². The molecule has 0 spiro atoms. The molecule has 104 valence electrons. The molecule has 1 aromatic heterocycles. The van der Waals surface area contributed by atoms with Gasteiger partial charge < -0.3 is 15.7 Å². The monoisotopic (exact) mass is 263 g/mol. The molecule has 2 heterocycles. The highest BCUT2D eigenvalue weighted by molar-refractivity contribution is 5.89. The van der Waals surface area contributed by atoms with Crippen molar-refractivity contribution in [2.24, 2.45) is 11.8 Å². The highest BCUT2D eigenvalue weighted by Gasteiger charge is 2.23. The van der Waals surface area contributed by atoms with Crippen LogP contribution in [0.5, 0.6) is 0 Å². The van der Waals surface area contributed by atoms with Crippen molar-refractivity contribution in [3.63, 3.8) is 0 Å². The van der Waals surface area contributed by atoms with Gasteiger partial charge in [0.05, 0.1) is 11.3 Å². The maximum absolute atomic E-state index is 10.8. The van der Waals surface area contributed by atoms with Gasteiger partial charge in [0.2, 0.25) is 0 Å². The molecule has 5 nitrogen and oxygen atoms in total. The SMILES string of the molecule is CC(C)C1CCN(c2ncc(C(=O)O)cc2N)CC1. The Morgan fingerprint density at radius 1 is 1.47 bits per heavy atom. The third-order valence-electron chi connectivity index (χ3n) is 3.92. The molecular weight excluding hydrogens is 242 g/mol. The summed E-state index contributed by atoms with van der Waals surface area (Å²) in [5.74, 6) is 1.19. The molecule has 1 aliphatic heterocycles. The van der Waals surface area contributed by atoms with Crippen molar-refractivity contribution in [2.75, 3.05) is 23.7 Å². The Hall–Kier alpha value is -1.78. The summed E-state index contributed by atoms with van der Waals surface area (Å²) in [6.07, 6.45) is 3.65. The number of piperidine rings is 1. The van der Waals surface area contributed by atoms with Crippen LogP contribution < -0.4 is 10.6 Å². The Kier molecular flexibility index (Phi) is 3.93. The van der Waals surface area contributed by atoms with E-state index in [1.807, 2.05) is 0 Å². The van der Waals surface area contributed by atoms with Crippen molar-refractivity contribution in [3.8, 4) is 0 Å². The molecule has 2 rings (SSSR count). The predicted molar refractivity (Wildman–Crippen MR) is 75.4 cm³/mol. The first-order valence-corrected chi connectivity index (χ1v) is 6.72. The molecule has 1 saturated heterocycles. The van der Waals surface area contributed by atoms with Crippen LogP contribution in [0.25, 0.3) is 0 Å². The summed E-state index contributed by atoms with van der Waals surface area (Å²) >= 11 is 0. The maximum Gasteiger partial charge on any atom is 0.337 e. The number of carboxylic acid groups (broad SMARTS) is 1. The minimum absolute atomic E-state index is 0.137. The third-order valence-corrected chi connectivity index (χ3v) is 3.92. The van der Waals surface area contributed by atoms with Gasteiger partial charge in [-0.15, -0.1) is 0 Å². The second kappa shape index (κ2) is 5.47. The van der Waals surface area contributed by atoms with E-state index in [4.69, 9.17) is 10.8 Å². The zero-order chi connectivity index (χ0) is 14.0. The Morgan fingerprint density at radius 3 is 2.58 bits per heavy atom. The number of nitrogens with zero attached hydrogens (tertiary/aromatic N) is 2. The van der Waals surface area contributed by atoms with Crippen molar-refractivity contribution in [2.45, 2.75) is 26.7 Å². The molecule has 0 aromatic carbocycles. The smallest absolute Gasteiger partial charge is 0.337 e. The zero-order valence-corrected chi connectivity index (χ0v) is 11.5. The molecule has 0 aliphatic carbocycles. The lowest BCUT2D eigenvalue weighted by Gasteiger charge is -2.35. The molecular formula is C14H21N3O2. The van der Waals surface area contributed by atoms with Crippen molar-refractivity contribution in [3.05, 3.63) is 17.8 Å². The summed E-state index contributed by atoms with van der Waals surface area (Å²) in [4.78, 5) is 17.2. The van der Waals surface area contributed by atoms with E-state index in [9.17, 15) is 4.79 Å². The first-order valence-electron chi connectivity index (χ1n) is 6.72. The number of rotatable bonds is 3. The largest absolute Gasteiger partial charge is 0.478 e. The molecule has 0 amide bonds. The maximum atomic E-state index is 10.8. The molecule has 1 aromatic rings. The van der Waals surface area contributed by atoms with Gasteiger partial charge in [-0.3, -0.25) is 0 Å². The van der Waals surface area contributed by atoms with Crippen molar-refractivity contribution in [1.82, 2.24) is 4.98 Å². The Balaban J connectivity index is 2.09. The summed E-state index contributed by atoms with van der Waals surface area (Å²) in [6.45, 7) is 6.39. The van der Waals surface area contributed by atoms with E-state index in [2.05, 4.69) is 23.7 Å². The number of aromatic carboxylic acids is 1. The van der Waals surface area contributed by atoms with Crippen molar-refractivity contribution in [1.29, 1.82) is 0 Å². The zero-order valence-electron chi connectivity index (χ0n) is 11.5. The number of aromatic nitrogens is 1.